The fourth-order valence-corrected chi connectivity index (χ4v) is 3.84. The minimum Gasteiger partial charge on any atom is -0.444 e. The average molecular weight is 488 g/mol. The van der Waals surface area contributed by atoms with E-state index in [0.29, 0.717) is 11.3 Å². The minimum absolute atomic E-state index is 0.101. The van der Waals surface area contributed by atoms with Crippen molar-refractivity contribution in [1.82, 2.24) is 10.2 Å². The number of anilines is 1. The van der Waals surface area contributed by atoms with Crippen LogP contribution in [0.4, 0.5) is 10.5 Å². The standard InChI is InChI=1S/C29H33N3O4/c1-6-18-32(27(34)20(2)30-28(35)36-29(3,4)5)25(22-13-8-7-9-14-22)26(33)31-24-17-16-21-12-10-11-15-23(21)19-24/h6-17,19-20,25H,1,18H2,2-5H3,(H,30,35)(H,31,33). The number of nitrogens with one attached hydrogen (secondary N) is 2. The number of benzene rings is 3. The van der Waals surface area contributed by atoms with Gasteiger partial charge in [0.1, 0.15) is 17.7 Å². The zero-order valence-electron chi connectivity index (χ0n) is 21.2. The Morgan fingerprint density at radius 1 is 0.972 bits per heavy atom. The van der Waals surface area contributed by atoms with E-state index in [1.54, 1.807) is 45.9 Å². The quantitative estimate of drug-likeness (QED) is 0.414. The molecule has 2 N–H and O–H groups in total. The van der Waals surface area contributed by atoms with Gasteiger partial charge in [-0.1, -0.05) is 66.7 Å². The lowest BCUT2D eigenvalue weighted by molar-refractivity contribution is -0.139. The molecule has 2 unspecified atom stereocenters. The number of rotatable bonds is 8. The zero-order valence-corrected chi connectivity index (χ0v) is 21.2. The fourth-order valence-electron chi connectivity index (χ4n) is 3.84. The molecule has 2 atom stereocenters. The van der Waals surface area contributed by atoms with E-state index >= 15 is 0 Å². The molecule has 0 radical (unpaired) electrons. The summed E-state index contributed by atoms with van der Waals surface area (Å²) in [7, 11) is 0. The maximum atomic E-state index is 13.7. The van der Waals surface area contributed by atoms with Crippen LogP contribution in [0, 0.1) is 0 Å². The van der Waals surface area contributed by atoms with Gasteiger partial charge in [-0.15, -0.1) is 6.58 Å². The van der Waals surface area contributed by atoms with E-state index in [4.69, 9.17) is 4.74 Å². The lowest BCUT2D eigenvalue weighted by Gasteiger charge is -2.33. The van der Waals surface area contributed by atoms with Gasteiger partial charge in [-0.2, -0.15) is 0 Å². The van der Waals surface area contributed by atoms with Crippen molar-refractivity contribution < 1.29 is 19.1 Å². The Balaban J connectivity index is 1.90. The summed E-state index contributed by atoms with van der Waals surface area (Å²) < 4.78 is 5.28. The predicted molar refractivity (Wildman–Crippen MR) is 143 cm³/mol. The van der Waals surface area contributed by atoms with Gasteiger partial charge in [-0.3, -0.25) is 9.59 Å². The third-order valence-electron chi connectivity index (χ3n) is 5.40. The maximum Gasteiger partial charge on any atom is 0.408 e. The second kappa shape index (κ2) is 11.5. The van der Waals surface area contributed by atoms with Gasteiger partial charge in [0.2, 0.25) is 5.91 Å². The van der Waals surface area contributed by atoms with Crippen molar-refractivity contribution in [3.05, 3.63) is 91.0 Å². The van der Waals surface area contributed by atoms with Crippen LogP contribution in [-0.4, -0.2) is 41.0 Å². The molecule has 0 aliphatic rings. The molecule has 7 nitrogen and oxygen atoms in total. The molecule has 3 aromatic carbocycles. The average Bonchev–Trinajstić information content (AvgIpc) is 2.82. The van der Waals surface area contributed by atoms with Crippen molar-refractivity contribution in [2.45, 2.75) is 45.4 Å². The summed E-state index contributed by atoms with van der Waals surface area (Å²) in [5.41, 5.74) is 0.543. The molecule has 0 heterocycles. The number of alkyl carbamates (subject to hydrolysis) is 1. The van der Waals surface area contributed by atoms with Crippen molar-refractivity contribution >= 4 is 34.4 Å². The summed E-state index contributed by atoms with van der Waals surface area (Å²) in [5.74, 6) is -0.820. The molecule has 3 amide bonds. The van der Waals surface area contributed by atoms with Crippen LogP contribution in [0.15, 0.2) is 85.5 Å². The number of hydrogen-bond donors (Lipinski definition) is 2. The Morgan fingerprint density at radius 3 is 2.25 bits per heavy atom. The molecule has 36 heavy (non-hydrogen) atoms. The summed E-state index contributed by atoms with van der Waals surface area (Å²) in [6.07, 6.45) is 0.843. The highest BCUT2D eigenvalue weighted by Gasteiger charge is 2.34. The molecular weight excluding hydrogens is 454 g/mol. The van der Waals surface area contributed by atoms with Gasteiger partial charge in [0.05, 0.1) is 0 Å². The third kappa shape index (κ3) is 6.95. The molecule has 0 saturated carbocycles. The normalized spacial score (nSPS) is 12.8. The number of carbonyl (C=O) groups excluding carboxylic acids is 3. The van der Waals surface area contributed by atoms with E-state index < -0.39 is 29.7 Å². The van der Waals surface area contributed by atoms with Crippen molar-refractivity contribution in [2.75, 3.05) is 11.9 Å². The topological polar surface area (TPSA) is 87.7 Å². The molecule has 7 heteroatoms. The summed E-state index contributed by atoms with van der Waals surface area (Å²) in [6, 6.07) is 20.7. The van der Waals surface area contributed by atoms with Gasteiger partial charge in [-0.05, 0) is 56.2 Å². The number of ether oxygens (including phenoxy) is 1. The van der Waals surface area contributed by atoms with Crippen LogP contribution in [0.5, 0.6) is 0 Å². The van der Waals surface area contributed by atoms with Crippen molar-refractivity contribution in [3.63, 3.8) is 0 Å². The highest BCUT2D eigenvalue weighted by Crippen LogP contribution is 2.26. The Bertz CT molecular complexity index is 1230. The molecule has 188 valence electrons. The molecule has 0 aliphatic carbocycles. The third-order valence-corrected chi connectivity index (χ3v) is 5.40. The van der Waals surface area contributed by atoms with E-state index in [-0.39, 0.29) is 12.5 Å². The van der Waals surface area contributed by atoms with E-state index in [2.05, 4.69) is 17.2 Å². The van der Waals surface area contributed by atoms with E-state index in [0.717, 1.165) is 10.8 Å². The number of amides is 3. The van der Waals surface area contributed by atoms with Crippen LogP contribution in [0.3, 0.4) is 0 Å². The predicted octanol–water partition coefficient (Wildman–Crippen LogP) is 5.45. The van der Waals surface area contributed by atoms with Gasteiger partial charge in [0.15, 0.2) is 0 Å². The summed E-state index contributed by atoms with van der Waals surface area (Å²) in [6.45, 7) is 10.7. The van der Waals surface area contributed by atoms with Crippen LogP contribution in [0.1, 0.15) is 39.3 Å². The van der Waals surface area contributed by atoms with Crippen LogP contribution >= 0.6 is 0 Å². The van der Waals surface area contributed by atoms with Gasteiger partial charge in [0.25, 0.3) is 5.91 Å². The summed E-state index contributed by atoms with van der Waals surface area (Å²) in [4.78, 5) is 40.8. The van der Waals surface area contributed by atoms with Crippen LogP contribution < -0.4 is 10.6 Å². The molecule has 0 aromatic heterocycles. The van der Waals surface area contributed by atoms with E-state index in [1.165, 1.54) is 4.90 Å². The van der Waals surface area contributed by atoms with Gasteiger partial charge in [-0.25, -0.2) is 4.79 Å². The van der Waals surface area contributed by atoms with Gasteiger partial charge >= 0.3 is 6.09 Å². The lowest BCUT2D eigenvalue weighted by Crippen LogP contribution is -2.51. The Morgan fingerprint density at radius 2 is 1.61 bits per heavy atom. The zero-order chi connectivity index (χ0) is 26.3. The molecule has 0 fully saturated rings. The van der Waals surface area contributed by atoms with Gasteiger partial charge in [0, 0.05) is 12.2 Å². The first-order valence-electron chi connectivity index (χ1n) is 11.8. The second-order valence-corrected chi connectivity index (χ2v) is 9.51. The van der Waals surface area contributed by atoms with Crippen LogP contribution in [0.2, 0.25) is 0 Å². The van der Waals surface area contributed by atoms with Crippen molar-refractivity contribution in [2.24, 2.45) is 0 Å². The molecule has 3 aromatic rings. The monoisotopic (exact) mass is 487 g/mol. The first-order valence-corrected chi connectivity index (χ1v) is 11.8. The van der Waals surface area contributed by atoms with Crippen LogP contribution in [0.25, 0.3) is 10.8 Å². The molecule has 0 spiro atoms. The van der Waals surface area contributed by atoms with Crippen molar-refractivity contribution in [1.29, 1.82) is 0 Å². The smallest absolute Gasteiger partial charge is 0.408 e. The Hall–Kier alpha value is -4.13. The molecular formula is C29H33N3O4. The van der Waals surface area contributed by atoms with E-state index in [9.17, 15) is 14.4 Å². The first-order chi connectivity index (χ1) is 17.1. The van der Waals surface area contributed by atoms with Gasteiger partial charge < -0.3 is 20.3 Å². The highest BCUT2D eigenvalue weighted by atomic mass is 16.6. The first kappa shape index (κ1) is 26.5. The maximum absolute atomic E-state index is 13.7. The summed E-state index contributed by atoms with van der Waals surface area (Å²) in [5, 5.41) is 7.57. The molecule has 0 bridgehead atoms. The van der Waals surface area contributed by atoms with Crippen molar-refractivity contribution in [3.8, 4) is 0 Å². The second-order valence-electron chi connectivity index (χ2n) is 9.51. The number of fused-ring (bicyclic) bond motifs is 1. The Labute approximate surface area is 212 Å². The van der Waals surface area contributed by atoms with Crippen LogP contribution in [-0.2, 0) is 14.3 Å². The number of nitrogens with zero attached hydrogens (tertiary/aromatic N) is 1. The minimum atomic E-state index is -0.953. The SMILES string of the molecule is C=CCN(C(=O)C(C)NC(=O)OC(C)(C)C)C(C(=O)Nc1ccc2ccccc2c1)c1ccccc1. The Kier molecular flexibility index (Phi) is 8.48. The largest absolute Gasteiger partial charge is 0.444 e. The molecule has 0 aliphatic heterocycles. The molecule has 0 saturated heterocycles. The highest BCUT2D eigenvalue weighted by molar-refractivity contribution is 6.00. The fraction of sp³-hybridized carbons (Fsp3) is 0.276. The summed E-state index contributed by atoms with van der Waals surface area (Å²) >= 11 is 0. The lowest BCUT2D eigenvalue weighted by atomic mass is 10.0. The van der Waals surface area contributed by atoms with E-state index in [1.807, 2.05) is 60.7 Å². The number of hydrogen-bond acceptors (Lipinski definition) is 4. The molecule has 3 rings (SSSR count). The number of carbonyl (C=O) groups is 3.